The Kier molecular flexibility index (Phi) is 3.19. The van der Waals surface area contributed by atoms with Crippen LogP contribution in [0.15, 0.2) is 12.1 Å². The maximum absolute atomic E-state index is 9.48. The molecule has 0 aromatic heterocycles. The standard InChI is InChI=1S/C12H16O4/c1-8(13)7-9-10(14-2)3-4-11-12(9)16-6-5-15-11/h3-4,8,13H,5-7H2,1-2H3. The van der Waals surface area contributed by atoms with Crippen molar-refractivity contribution < 1.29 is 19.3 Å². The number of aliphatic hydroxyl groups is 1. The van der Waals surface area contributed by atoms with Crippen LogP contribution in [0, 0.1) is 0 Å². The average Bonchev–Trinajstić information content (AvgIpc) is 2.29. The van der Waals surface area contributed by atoms with E-state index in [4.69, 9.17) is 14.2 Å². The van der Waals surface area contributed by atoms with Gasteiger partial charge in [-0.3, -0.25) is 0 Å². The lowest BCUT2D eigenvalue weighted by Crippen LogP contribution is -2.18. The molecule has 1 aromatic carbocycles. The first-order valence-electron chi connectivity index (χ1n) is 5.36. The molecule has 1 N–H and O–H groups in total. The summed E-state index contributed by atoms with van der Waals surface area (Å²) < 4.78 is 16.3. The molecule has 0 spiro atoms. The number of methoxy groups -OCH3 is 1. The van der Waals surface area contributed by atoms with Crippen molar-refractivity contribution >= 4 is 0 Å². The molecule has 88 valence electrons. The van der Waals surface area contributed by atoms with Gasteiger partial charge in [-0.15, -0.1) is 0 Å². The maximum Gasteiger partial charge on any atom is 0.168 e. The van der Waals surface area contributed by atoms with E-state index < -0.39 is 6.10 Å². The summed E-state index contributed by atoms with van der Waals surface area (Å²) in [6.07, 6.45) is 0.0568. The normalized spacial score (nSPS) is 15.7. The molecule has 1 aliphatic heterocycles. The number of fused-ring (bicyclic) bond motifs is 1. The second-order valence-corrected chi connectivity index (χ2v) is 3.82. The van der Waals surface area contributed by atoms with Crippen LogP contribution < -0.4 is 14.2 Å². The SMILES string of the molecule is COc1ccc2c(c1CC(C)O)OCCO2. The number of hydrogen-bond donors (Lipinski definition) is 1. The summed E-state index contributed by atoms with van der Waals surface area (Å²) in [5.74, 6) is 2.15. The molecule has 4 heteroatoms. The highest BCUT2D eigenvalue weighted by Crippen LogP contribution is 2.39. The smallest absolute Gasteiger partial charge is 0.168 e. The van der Waals surface area contributed by atoms with E-state index in [-0.39, 0.29) is 0 Å². The van der Waals surface area contributed by atoms with Crippen LogP contribution in [0.5, 0.6) is 17.2 Å². The van der Waals surface area contributed by atoms with Crippen LogP contribution in [0.1, 0.15) is 12.5 Å². The van der Waals surface area contributed by atoms with Gasteiger partial charge in [-0.2, -0.15) is 0 Å². The average molecular weight is 224 g/mol. The Morgan fingerprint density at radius 2 is 2.12 bits per heavy atom. The van der Waals surface area contributed by atoms with E-state index in [2.05, 4.69) is 0 Å². The van der Waals surface area contributed by atoms with Gasteiger partial charge < -0.3 is 19.3 Å². The van der Waals surface area contributed by atoms with Crippen LogP contribution in [0.2, 0.25) is 0 Å². The minimum absolute atomic E-state index is 0.439. The van der Waals surface area contributed by atoms with Crippen molar-refractivity contribution in [3.63, 3.8) is 0 Å². The number of aliphatic hydroxyl groups excluding tert-OH is 1. The summed E-state index contributed by atoms with van der Waals surface area (Å²) >= 11 is 0. The molecule has 0 amide bonds. The van der Waals surface area contributed by atoms with E-state index in [9.17, 15) is 5.11 Å². The van der Waals surface area contributed by atoms with Gasteiger partial charge in [0.25, 0.3) is 0 Å². The van der Waals surface area contributed by atoms with E-state index in [1.54, 1.807) is 14.0 Å². The second-order valence-electron chi connectivity index (χ2n) is 3.82. The van der Waals surface area contributed by atoms with Crippen molar-refractivity contribution in [1.82, 2.24) is 0 Å². The summed E-state index contributed by atoms with van der Waals surface area (Å²) in [6.45, 7) is 2.84. The van der Waals surface area contributed by atoms with Crippen LogP contribution in [0.25, 0.3) is 0 Å². The molecule has 1 heterocycles. The van der Waals surface area contributed by atoms with E-state index >= 15 is 0 Å². The van der Waals surface area contributed by atoms with Gasteiger partial charge in [0.05, 0.1) is 13.2 Å². The van der Waals surface area contributed by atoms with Crippen molar-refractivity contribution in [2.24, 2.45) is 0 Å². The van der Waals surface area contributed by atoms with E-state index in [0.29, 0.717) is 25.4 Å². The Balaban J connectivity index is 2.43. The molecule has 4 nitrogen and oxygen atoms in total. The molecule has 1 aromatic rings. The molecule has 0 bridgehead atoms. The Morgan fingerprint density at radius 1 is 1.38 bits per heavy atom. The van der Waals surface area contributed by atoms with E-state index in [1.807, 2.05) is 12.1 Å². The van der Waals surface area contributed by atoms with Crippen LogP contribution in [0.4, 0.5) is 0 Å². The zero-order valence-corrected chi connectivity index (χ0v) is 9.53. The van der Waals surface area contributed by atoms with Crippen molar-refractivity contribution in [1.29, 1.82) is 0 Å². The van der Waals surface area contributed by atoms with Gasteiger partial charge >= 0.3 is 0 Å². The first-order valence-corrected chi connectivity index (χ1v) is 5.36. The van der Waals surface area contributed by atoms with Crippen molar-refractivity contribution in [2.75, 3.05) is 20.3 Å². The number of hydrogen-bond acceptors (Lipinski definition) is 4. The molecule has 1 unspecified atom stereocenters. The molecule has 16 heavy (non-hydrogen) atoms. The van der Waals surface area contributed by atoms with Gasteiger partial charge in [0, 0.05) is 12.0 Å². The topological polar surface area (TPSA) is 47.9 Å². The van der Waals surface area contributed by atoms with Crippen molar-refractivity contribution in [2.45, 2.75) is 19.4 Å². The van der Waals surface area contributed by atoms with Crippen LogP contribution in [-0.4, -0.2) is 31.5 Å². The zero-order valence-electron chi connectivity index (χ0n) is 9.53. The fourth-order valence-electron chi connectivity index (χ4n) is 1.84. The van der Waals surface area contributed by atoms with Crippen LogP contribution in [0.3, 0.4) is 0 Å². The Bertz CT molecular complexity index is 374. The number of benzene rings is 1. The molecule has 0 saturated heterocycles. The Morgan fingerprint density at radius 3 is 2.81 bits per heavy atom. The van der Waals surface area contributed by atoms with Gasteiger partial charge in [-0.05, 0) is 19.1 Å². The summed E-state index contributed by atoms with van der Waals surface area (Å²) in [7, 11) is 1.61. The number of rotatable bonds is 3. The molecule has 1 aliphatic rings. The molecular formula is C12H16O4. The van der Waals surface area contributed by atoms with E-state index in [0.717, 1.165) is 17.1 Å². The third kappa shape index (κ3) is 2.07. The molecular weight excluding hydrogens is 208 g/mol. The minimum atomic E-state index is -0.439. The summed E-state index contributed by atoms with van der Waals surface area (Å²) in [4.78, 5) is 0. The fourth-order valence-corrected chi connectivity index (χ4v) is 1.84. The molecule has 1 atom stereocenters. The zero-order chi connectivity index (χ0) is 11.5. The van der Waals surface area contributed by atoms with Crippen molar-refractivity contribution in [3.8, 4) is 17.2 Å². The number of ether oxygens (including phenoxy) is 3. The molecule has 0 aliphatic carbocycles. The Labute approximate surface area is 94.8 Å². The Hall–Kier alpha value is -1.42. The molecule has 0 fully saturated rings. The fraction of sp³-hybridized carbons (Fsp3) is 0.500. The van der Waals surface area contributed by atoms with Crippen molar-refractivity contribution in [3.05, 3.63) is 17.7 Å². The third-order valence-electron chi connectivity index (χ3n) is 2.49. The van der Waals surface area contributed by atoms with Gasteiger partial charge in [0.2, 0.25) is 0 Å². The quantitative estimate of drug-likeness (QED) is 0.842. The lowest BCUT2D eigenvalue weighted by molar-refractivity contribution is 0.162. The maximum atomic E-state index is 9.48. The summed E-state index contributed by atoms with van der Waals surface area (Å²) in [5, 5.41) is 9.48. The van der Waals surface area contributed by atoms with Gasteiger partial charge in [-0.25, -0.2) is 0 Å². The van der Waals surface area contributed by atoms with Crippen LogP contribution in [-0.2, 0) is 6.42 Å². The minimum Gasteiger partial charge on any atom is -0.496 e. The monoisotopic (exact) mass is 224 g/mol. The highest BCUT2D eigenvalue weighted by Gasteiger charge is 2.20. The molecule has 0 radical (unpaired) electrons. The first kappa shape index (κ1) is 11.1. The predicted octanol–water partition coefficient (Wildman–Crippen LogP) is 1.39. The summed E-state index contributed by atoms with van der Waals surface area (Å²) in [6, 6.07) is 3.67. The van der Waals surface area contributed by atoms with Crippen LogP contribution >= 0.6 is 0 Å². The van der Waals surface area contributed by atoms with Gasteiger partial charge in [0.1, 0.15) is 19.0 Å². The lowest BCUT2D eigenvalue weighted by Gasteiger charge is -2.23. The predicted molar refractivity (Wildman–Crippen MR) is 59.4 cm³/mol. The second kappa shape index (κ2) is 4.61. The van der Waals surface area contributed by atoms with Gasteiger partial charge in [-0.1, -0.05) is 0 Å². The highest BCUT2D eigenvalue weighted by atomic mass is 16.6. The summed E-state index contributed by atoms with van der Waals surface area (Å²) in [5.41, 5.74) is 0.870. The van der Waals surface area contributed by atoms with Gasteiger partial charge in [0.15, 0.2) is 11.5 Å². The third-order valence-corrected chi connectivity index (χ3v) is 2.49. The molecule has 0 saturated carbocycles. The highest BCUT2D eigenvalue weighted by molar-refractivity contribution is 5.54. The first-order chi connectivity index (χ1) is 7.72. The molecule has 2 rings (SSSR count). The lowest BCUT2D eigenvalue weighted by atomic mass is 10.1. The van der Waals surface area contributed by atoms with E-state index in [1.165, 1.54) is 0 Å². The largest absolute Gasteiger partial charge is 0.496 e.